The third-order valence-electron chi connectivity index (χ3n) is 9.06. The number of halogens is 1. The molecule has 4 nitrogen and oxygen atoms in total. The topological polar surface area (TPSA) is 54.5 Å². The normalized spacial score (nSPS) is 40.8. The molecule has 0 N–H and O–H groups in total. The van der Waals surface area contributed by atoms with Crippen LogP contribution >= 0.6 is 15.9 Å². The Bertz CT molecular complexity index is 911. The van der Waals surface area contributed by atoms with Crippen molar-refractivity contribution in [3.8, 4) is 0 Å². The Morgan fingerprint density at radius 1 is 1.03 bits per heavy atom. The lowest BCUT2D eigenvalue weighted by atomic mass is 9.47. The Labute approximate surface area is 186 Å². The number of carbonyl (C=O) groups is 3. The highest BCUT2D eigenvalue weighted by molar-refractivity contribution is 9.10. The smallest absolute Gasteiger partial charge is 0.223 e. The predicted molar refractivity (Wildman–Crippen MR) is 117 cm³/mol. The molecule has 0 radical (unpaired) electrons. The molecule has 1 saturated heterocycles. The van der Waals surface area contributed by atoms with Gasteiger partial charge in [-0.1, -0.05) is 41.9 Å². The van der Waals surface area contributed by atoms with Crippen LogP contribution in [-0.4, -0.2) is 28.4 Å². The van der Waals surface area contributed by atoms with E-state index >= 15 is 0 Å². The molecule has 1 aromatic rings. The summed E-state index contributed by atoms with van der Waals surface area (Å²) in [5, 5.41) is 0. The zero-order chi connectivity index (χ0) is 21.3. The number of piperidine rings is 1. The molecule has 1 aromatic carbocycles. The number of rotatable bonds is 2. The predicted octanol–water partition coefficient (Wildman–Crippen LogP) is 4.93. The van der Waals surface area contributed by atoms with Crippen LogP contribution in [0.15, 0.2) is 28.7 Å². The van der Waals surface area contributed by atoms with Gasteiger partial charge in [0.15, 0.2) is 0 Å². The highest BCUT2D eigenvalue weighted by atomic mass is 79.9. The lowest BCUT2D eigenvalue weighted by molar-refractivity contribution is -0.171. The summed E-state index contributed by atoms with van der Waals surface area (Å²) >= 11 is 3.48. The minimum Gasteiger partial charge on any atom is -0.335 e. The van der Waals surface area contributed by atoms with E-state index in [4.69, 9.17) is 0 Å². The summed E-state index contributed by atoms with van der Waals surface area (Å²) in [6, 6.07) is 8.27. The van der Waals surface area contributed by atoms with E-state index < -0.39 is 5.41 Å². The van der Waals surface area contributed by atoms with Crippen LogP contribution in [0.25, 0.3) is 0 Å². The van der Waals surface area contributed by atoms with Gasteiger partial charge in [-0.15, -0.1) is 0 Å². The van der Waals surface area contributed by atoms with E-state index in [1.165, 1.54) is 0 Å². The summed E-state index contributed by atoms with van der Waals surface area (Å²) < 4.78 is 1.03. The van der Waals surface area contributed by atoms with Gasteiger partial charge in [-0.05, 0) is 60.6 Å². The largest absolute Gasteiger partial charge is 0.335 e. The fourth-order valence-corrected chi connectivity index (χ4v) is 7.85. The highest BCUT2D eigenvalue weighted by Crippen LogP contribution is 2.62. The molecule has 1 heterocycles. The van der Waals surface area contributed by atoms with Crippen LogP contribution in [0.2, 0.25) is 0 Å². The van der Waals surface area contributed by atoms with Crippen molar-refractivity contribution >= 4 is 33.4 Å². The number of hydrogen-bond donors (Lipinski definition) is 0. The molecule has 0 bridgehead atoms. The van der Waals surface area contributed by atoms with Gasteiger partial charge in [-0.25, -0.2) is 0 Å². The Morgan fingerprint density at radius 2 is 1.77 bits per heavy atom. The number of benzene rings is 1. The third kappa shape index (κ3) is 2.87. The number of likely N-dealkylation sites (tertiary alicyclic amines) is 1. The number of Topliss-reactive ketones (excluding diaryl/α,β-unsaturated/α-hetero) is 2. The van der Waals surface area contributed by atoms with Crippen LogP contribution in [0.4, 0.5) is 0 Å². The molecule has 6 unspecified atom stereocenters. The minimum atomic E-state index is -0.441. The molecule has 0 spiro atoms. The third-order valence-corrected chi connectivity index (χ3v) is 9.59. The minimum absolute atomic E-state index is 0.0132. The van der Waals surface area contributed by atoms with Crippen molar-refractivity contribution in [3.63, 3.8) is 0 Å². The lowest BCUT2D eigenvalue weighted by Gasteiger charge is -2.60. The van der Waals surface area contributed by atoms with Crippen LogP contribution < -0.4 is 0 Å². The second-order valence-corrected chi connectivity index (χ2v) is 11.4. The first-order valence-corrected chi connectivity index (χ1v) is 12.1. The highest BCUT2D eigenvalue weighted by Gasteiger charge is 2.64. The van der Waals surface area contributed by atoms with Crippen LogP contribution in [0, 0.1) is 28.6 Å². The maximum Gasteiger partial charge on any atom is 0.223 e. The zero-order valence-electron chi connectivity index (χ0n) is 17.8. The first-order chi connectivity index (χ1) is 14.2. The molecular formula is C25H30BrNO3. The second-order valence-electron chi connectivity index (χ2n) is 10.5. The van der Waals surface area contributed by atoms with Gasteiger partial charge in [0.05, 0.1) is 0 Å². The summed E-state index contributed by atoms with van der Waals surface area (Å²) in [5.74, 6) is 1.40. The maximum absolute atomic E-state index is 13.5. The van der Waals surface area contributed by atoms with E-state index in [2.05, 4.69) is 39.9 Å². The lowest BCUT2D eigenvalue weighted by Crippen LogP contribution is -2.64. The molecule has 5 rings (SSSR count). The molecule has 4 fully saturated rings. The van der Waals surface area contributed by atoms with Crippen molar-refractivity contribution in [2.45, 2.75) is 71.4 Å². The average molecular weight is 472 g/mol. The second kappa shape index (κ2) is 7.01. The van der Waals surface area contributed by atoms with Crippen molar-refractivity contribution in [2.75, 3.05) is 0 Å². The average Bonchev–Trinajstić information content (AvgIpc) is 3.00. The molecule has 160 valence electrons. The van der Waals surface area contributed by atoms with E-state index in [0.717, 1.165) is 35.7 Å². The maximum atomic E-state index is 13.5. The summed E-state index contributed by atoms with van der Waals surface area (Å²) in [6.07, 6.45) is 5.17. The van der Waals surface area contributed by atoms with Crippen molar-refractivity contribution in [2.24, 2.45) is 28.6 Å². The first-order valence-electron chi connectivity index (χ1n) is 11.3. The van der Waals surface area contributed by atoms with E-state index in [1.807, 2.05) is 19.1 Å². The Kier molecular flexibility index (Phi) is 4.77. The molecular weight excluding hydrogens is 442 g/mol. The van der Waals surface area contributed by atoms with Gasteiger partial charge in [-0.3, -0.25) is 14.4 Å². The Hall–Kier alpha value is -1.49. The van der Waals surface area contributed by atoms with Crippen LogP contribution in [0.5, 0.6) is 0 Å². The van der Waals surface area contributed by atoms with Crippen LogP contribution in [-0.2, 0) is 20.9 Å². The number of nitrogens with zero attached hydrogens (tertiary/aromatic N) is 1. The summed E-state index contributed by atoms with van der Waals surface area (Å²) in [7, 11) is 0. The number of amides is 1. The summed E-state index contributed by atoms with van der Waals surface area (Å²) in [4.78, 5) is 41.2. The Balaban J connectivity index is 1.47. The van der Waals surface area contributed by atoms with Gasteiger partial charge < -0.3 is 4.90 Å². The van der Waals surface area contributed by atoms with E-state index in [9.17, 15) is 14.4 Å². The van der Waals surface area contributed by atoms with Gasteiger partial charge in [0.25, 0.3) is 0 Å². The van der Waals surface area contributed by atoms with Crippen molar-refractivity contribution in [1.82, 2.24) is 4.90 Å². The number of hydrogen-bond acceptors (Lipinski definition) is 3. The summed E-state index contributed by atoms with van der Waals surface area (Å²) in [5.41, 5.74) is 0.501. The van der Waals surface area contributed by atoms with Gasteiger partial charge >= 0.3 is 0 Å². The monoisotopic (exact) mass is 471 g/mol. The van der Waals surface area contributed by atoms with Crippen molar-refractivity contribution in [3.05, 3.63) is 34.3 Å². The molecule has 0 aromatic heterocycles. The van der Waals surface area contributed by atoms with E-state index in [-0.39, 0.29) is 29.1 Å². The first kappa shape index (κ1) is 20.4. The standard InChI is InChI=1S/C25H30BrNO3/c1-24-12-11-22(30)27(14-15-3-5-16(26)6-4-15)20(24)9-7-17-18-8-10-21(29)25(18,2)13-19(28)23(17)24/h3-6,17-18,20,23H,7-14H2,1-2H3. The van der Waals surface area contributed by atoms with Crippen molar-refractivity contribution in [1.29, 1.82) is 0 Å². The molecule has 1 amide bonds. The van der Waals surface area contributed by atoms with Crippen molar-refractivity contribution < 1.29 is 14.4 Å². The SMILES string of the molecule is CC12CC(=O)C3C(CCC4N(Cc5ccc(Br)cc5)C(=O)CCC34C)C1CCC2=O. The molecule has 3 saturated carbocycles. The number of carbonyl (C=O) groups excluding carboxylic acids is 3. The van der Waals surface area contributed by atoms with Gasteiger partial charge in [-0.2, -0.15) is 0 Å². The molecule has 30 heavy (non-hydrogen) atoms. The molecule has 5 heteroatoms. The van der Waals surface area contributed by atoms with E-state index in [1.54, 1.807) is 0 Å². The van der Waals surface area contributed by atoms with E-state index in [0.29, 0.717) is 43.4 Å². The Morgan fingerprint density at radius 3 is 2.50 bits per heavy atom. The molecule has 4 aliphatic rings. The van der Waals surface area contributed by atoms with Crippen LogP contribution in [0.3, 0.4) is 0 Å². The molecule has 6 atom stereocenters. The van der Waals surface area contributed by atoms with Gasteiger partial charge in [0.2, 0.25) is 5.91 Å². The molecule has 3 aliphatic carbocycles. The van der Waals surface area contributed by atoms with Gasteiger partial charge in [0, 0.05) is 47.7 Å². The molecule has 1 aliphatic heterocycles. The summed E-state index contributed by atoms with van der Waals surface area (Å²) in [6.45, 7) is 4.91. The fourth-order valence-electron chi connectivity index (χ4n) is 7.58. The quantitative estimate of drug-likeness (QED) is 0.614. The number of ketones is 2. The number of fused-ring (bicyclic) bond motifs is 5. The van der Waals surface area contributed by atoms with Crippen LogP contribution in [0.1, 0.15) is 64.4 Å². The van der Waals surface area contributed by atoms with Gasteiger partial charge in [0.1, 0.15) is 11.6 Å². The fraction of sp³-hybridized carbons (Fsp3) is 0.640. The zero-order valence-corrected chi connectivity index (χ0v) is 19.4.